The number of hydrogen-bond donors (Lipinski definition) is 3. The molecule has 0 aromatic heterocycles. The van der Waals surface area contributed by atoms with E-state index >= 15 is 0 Å². The van der Waals surface area contributed by atoms with Gasteiger partial charge in [0.25, 0.3) is 5.91 Å². The molecule has 0 saturated heterocycles. The molecule has 8 nitrogen and oxygen atoms in total. The number of nitrogens with two attached hydrogens (primary N) is 1. The van der Waals surface area contributed by atoms with E-state index in [1.165, 1.54) is 19.2 Å². The number of methoxy groups -OCH3 is 1. The van der Waals surface area contributed by atoms with Gasteiger partial charge in [0.15, 0.2) is 6.61 Å². The quantitative estimate of drug-likeness (QED) is 0.513. The summed E-state index contributed by atoms with van der Waals surface area (Å²) in [6.07, 6.45) is 0. The summed E-state index contributed by atoms with van der Waals surface area (Å²) in [6.45, 7) is -0.696. The first-order valence-corrected chi connectivity index (χ1v) is 8.22. The van der Waals surface area contributed by atoms with Crippen LogP contribution in [0.4, 0.5) is 16.2 Å². The summed E-state index contributed by atoms with van der Waals surface area (Å²) in [7, 11) is 1.51. The van der Waals surface area contributed by atoms with Gasteiger partial charge in [0, 0.05) is 10.7 Å². The third-order valence-corrected chi connectivity index (χ3v) is 3.78. The maximum Gasteiger partial charge on any atom is 0.340 e. The van der Waals surface area contributed by atoms with Crippen molar-refractivity contribution in [2.75, 3.05) is 24.8 Å². The second-order valence-electron chi connectivity index (χ2n) is 5.16. The number of amides is 3. The van der Waals surface area contributed by atoms with Gasteiger partial charge in [-0.3, -0.25) is 10.1 Å². The molecule has 0 spiro atoms. The number of nitrogen functional groups attached to an aromatic ring is 1. The van der Waals surface area contributed by atoms with Crippen LogP contribution in [0.1, 0.15) is 10.4 Å². The smallest absolute Gasteiger partial charge is 0.340 e. The van der Waals surface area contributed by atoms with Crippen LogP contribution in [0.3, 0.4) is 0 Å². The molecule has 3 amide bonds. The van der Waals surface area contributed by atoms with Gasteiger partial charge >= 0.3 is 12.0 Å². The van der Waals surface area contributed by atoms with Crippen LogP contribution >= 0.6 is 23.2 Å². The molecule has 2 rings (SSSR count). The average Bonchev–Trinajstić information content (AvgIpc) is 2.63. The summed E-state index contributed by atoms with van der Waals surface area (Å²) in [4.78, 5) is 35.5. The van der Waals surface area contributed by atoms with Crippen LogP contribution in [0.15, 0.2) is 36.4 Å². The fourth-order valence-corrected chi connectivity index (χ4v) is 2.46. The van der Waals surface area contributed by atoms with Gasteiger partial charge in [-0.1, -0.05) is 23.2 Å². The standard InChI is InChI=1S/C17H15Cl2N3O5/c1-26-11-4-2-10(3-5-11)21-17(25)22-14(23)8-27-16(24)12-6-9(18)7-13(19)15(12)20/h2-7H,8,20H2,1H3,(H2,21,22,23,25). The molecule has 0 unspecified atom stereocenters. The van der Waals surface area contributed by atoms with E-state index in [1.54, 1.807) is 24.3 Å². The predicted molar refractivity (Wildman–Crippen MR) is 101 cm³/mol. The lowest BCUT2D eigenvalue weighted by molar-refractivity contribution is -0.123. The number of hydrogen-bond acceptors (Lipinski definition) is 6. The molecule has 2 aromatic rings. The first-order chi connectivity index (χ1) is 12.8. The van der Waals surface area contributed by atoms with Crippen LogP contribution < -0.4 is 21.1 Å². The molecule has 0 aliphatic carbocycles. The minimum Gasteiger partial charge on any atom is -0.497 e. The highest BCUT2D eigenvalue weighted by Gasteiger charge is 2.17. The molecule has 27 heavy (non-hydrogen) atoms. The summed E-state index contributed by atoms with van der Waals surface area (Å²) in [5.74, 6) is -1.12. The van der Waals surface area contributed by atoms with Crippen LogP contribution in [-0.2, 0) is 9.53 Å². The van der Waals surface area contributed by atoms with Crippen molar-refractivity contribution in [3.05, 3.63) is 52.0 Å². The fourth-order valence-electron chi connectivity index (χ4n) is 1.96. The van der Waals surface area contributed by atoms with E-state index in [0.29, 0.717) is 11.4 Å². The second-order valence-corrected chi connectivity index (χ2v) is 6.00. The molecule has 0 fully saturated rings. The first kappa shape index (κ1) is 20.3. The number of rotatable bonds is 5. The third-order valence-electron chi connectivity index (χ3n) is 3.25. The van der Waals surface area contributed by atoms with Gasteiger partial charge in [-0.25, -0.2) is 9.59 Å². The van der Waals surface area contributed by atoms with Crippen molar-refractivity contribution in [1.82, 2.24) is 5.32 Å². The lowest BCUT2D eigenvalue weighted by Crippen LogP contribution is -2.37. The zero-order chi connectivity index (χ0) is 20.0. The van der Waals surface area contributed by atoms with E-state index in [0.717, 1.165) is 0 Å². The van der Waals surface area contributed by atoms with Gasteiger partial charge in [-0.2, -0.15) is 0 Å². The molecular formula is C17H15Cl2N3O5. The van der Waals surface area contributed by atoms with Crippen LogP contribution in [0.25, 0.3) is 0 Å². The summed E-state index contributed by atoms with van der Waals surface area (Å²) in [5, 5.41) is 4.73. The van der Waals surface area contributed by atoms with Gasteiger partial charge < -0.3 is 20.5 Å². The second kappa shape index (κ2) is 9.11. The Morgan fingerprint density at radius 1 is 1.11 bits per heavy atom. The minimum atomic E-state index is -0.900. The molecule has 0 radical (unpaired) electrons. The summed E-state index contributed by atoms with van der Waals surface area (Å²) in [5.41, 5.74) is 6.02. The number of urea groups is 1. The Kier molecular flexibility index (Phi) is 6.86. The molecule has 0 saturated carbocycles. The number of nitrogens with one attached hydrogen (secondary N) is 2. The number of ether oxygens (including phenoxy) is 2. The molecule has 0 bridgehead atoms. The third kappa shape index (κ3) is 5.77. The van der Waals surface area contributed by atoms with Crippen molar-refractivity contribution in [1.29, 1.82) is 0 Å². The fraction of sp³-hybridized carbons (Fsp3) is 0.118. The Morgan fingerprint density at radius 3 is 2.41 bits per heavy atom. The molecule has 0 heterocycles. The van der Waals surface area contributed by atoms with Crippen molar-refractivity contribution in [3.63, 3.8) is 0 Å². The van der Waals surface area contributed by atoms with Crippen molar-refractivity contribution >= 4 is 52.5 Å². The van der Waals surface area contributed by atoms with Crippen LogP contribution in [0, 0.1) is 0 Å². The van der Waals surface area contributed by atoms with Crippen LogP contribution in [0.5, 0.6) is 5.75 Å². The topological polar surface area (TPSA) is 120 Å². The molecular weight excluding hydrogens is 397 g/mol. The Labute approximate surface area is 164 Å². The highest BCUT2D eigenvalue weighted by molar-refractivity contribution is 6.37. The first-order valence-electron chi connectivity index (χ1n) is 7.46. The van der Waals surface area contributed by atoms with E-state index in [9.17, 15) is 14.4 Å². The van der Waals surface area contributed by atoms with Crippen molar-refractivity contribution in [2.24, 2.45) is 0 Å². The number of halogens is 2. The normalized spacial score (nSPS) is 10.0. The number of carbonyl (C=O) groups excluding carboxylic acids is 3. The highest BCUT2D eigenvalue weighted by Crippen LogP contribution is 2.28. The van der Waals surface area contributed by atoms with E-state index in [2.05, 4.69) is 5.32 Å². The lowest BCUT2D eigenvalue weighted by atomic mass is 10.2. The van der Waals surface area contributed by atoms with Crippen molar-refractivity contribution in [3.8, 4) is 5.75 Å². The zero-order valence-corrected chi connectivity index (χ0v) is 15.6. The molecule has 10 heteroatoms. The molecule has 0 atom stereocenters. The van der Waals surface area contributed by atoms with Crippen LogP contribution in [-0.4, -0.2) is 31.6 Å². The van der Waals surface area contributed by atoms with Crippen molar-refractivity contribution in [2.45, 2.75) is 0 Å². The van der Waals surface area contributed by atoms with E-state index in [1.807, 2.05) is 5.32 Å². The van der Waals surface area contributed by atoms with Gasteiger partial charge in [-0.05, 0) is 36.4 Å². The summed E-state index contributed by atoms with van der Waals surface area (Å²) < 4.78 is 9.81. The highest BCUT2D eigenvalue weighted by atomic mass is 35.5. The Morgan fingerprint density at radius 2 is 1.78 bits per heavy atom. The lowest BCUT2D eigenvalue weighted by Gasteiger charge is -2.10. The predicted octanol–water partition coefficient (Wildman–Crippen LogP) is 3.09. The minimum absolute atomic E-state index is 0.0243. The molecule has 4 N–H and O–H groups in total. The number of esters is 1. The number of benzene rings is 2. The maximum absolute atomic E-state index is 12.0. The van der Waals surface area contributed by atoms with Gasteiger partial charge in [0.2, 0.25) is 0 Å². The zero-order valence-electron chi connectivity index (χ0n) is 14.0. The molecule has 142 valence electrons. The van der Waals surface area contributed by atoms with Crippen molar-refractivity contribution < 1.29 is 23.9 Å². The summed E-state index contributed by atoms with van der Waals surface area (Å²) in [6, 6.07) is 8.31. The van der Waals surface area contributed by atoms with E-state index in [-0.39, 0.29) is 21.3 Å². The SMILES string of the molecule is COc1ccc(NC(=O)NC(=O)COC(=O)c2cc(Cl)cc(Cl)c2N)cc1. The van der Waals surface area contributed by atoms with Gasteiger partial charge in [-0.15, -0.1) is 0 Å². The molecule has 0 aliphatic rings. The Hall–Kier alpha value is -2.97. The molecule has 2 aromatic carbocycles. The van der Waals surface area contributed by atoms with Gasteiger partial charge in [0.05, 0.1) is 23.4 Å². The van der Waals surface area contributed by atoms with Crippen LogP contribution in [0.2, 0.25) is 10.0 Å². The van der Waals surface area contributed by atoms with E-state index < -0.39 is 24.5 Å². The molecule has 0 aliphatic heterocycles. The summed E-state index contributed by atoms with van der Waals surface area (Å²) >= 11 is 11.6. The number of imide groups is 1. The van der Waals surface area contributed by atoms with E-state index in [4.69, 9.17) is 38.4 Å². The Bertz CT molecular complexity index is 872. The monoisotopic (exact) mass is 411 g/mol. The maximum atomic E-state index is 12.0. The Balaban J connectivity index is 1.86. The number of carbonyl (C=O) groups is 3. The largest absolute Gasteiger partial charge is 0.497 e. The van der Waals surface area contributed by atoms with Gasteiger partial charge in [0.1, 0.15) is 5.75 Å². The average molecular weight is 412 g/mol. The number of anilines is 2.